The van der Waals surface area contributed by atoms with Crippen LogP contribution in [-0.2, 0) is 20.9 Å². The van der Waals surface area contributed by atoms with Gasteiger partial charge in [-0.3, -0.25) is 9.59 Å². The van der Waals surface area contributed by atoms with Gasteiger partial charge in [0.25, 0.3) is 0 Å². The highest BCUT2D eigenvalue weighted by Gasteiger charge is 2.21. The van der Waals surface area contributed by atoms with Crippen LogP contribution < -0.4 is 5.32 Å². The molecule has 0 saturated heterocycles. The first-order valence-electron chi connectivity index (χ1n) is 8.66. The molecule has 0 saturated carbocycles. The number of carbonyl (C=O) groups is 3. The van der Waals surface area contributed by atoms with Crippen molar-refractivity contribution in [2.24, 2.45) is 5.41 Å². The number of hydrogen-bond acceptors (Lipinski definition) is 5. The quantitative estimate of drug-likeness (QED) is 0.407. The number of halogens is 1. The minimum Gasteiger partial charge on any atom is -0.454 e. The monoisotopic (exact) mass is 419 g/mol. The Hall–Kier alpha value is -2.44. The van der Waals surface area contributed by atoms with Crippen LogP contribution in [0.15, 0.2) is 42.5 Å². The van der Waals surface area contributed by atoms with E-state index in [0.717, 1.165) is 10.4 Å². The summed E-state index contributed by atoms with van der Waals surface area (Å²) in [6, 6.07) is 10.5. The highest BCUT2D eigenvalue weighted by Crippen LogP contribution is 2.19. The van der Waals surface area contributed by atoms with Gasteiger partial charge >= 0.3 is 5.97 Å². The molecule has 1 aromatic heterocycles. The van der Waals surface area contributed by atoms with E-state index < -0.39 is 11.4 Å². The van der Waals surface area contributed by atoms with Crippen molar-refractivity contribution in [2.45, 2.75) is 27.3 Å². The molecule has 0 radical (unpaired) electrons. The zero-order chi connectivity index (χ0) is 20.7. The number of ketones is 1. The molecule has 1 heterocycles. The topological polar surface area (TPSA) is 72.5 Å². The molecule has 1 N–H and O–H groups in total. The van der Waals surface area contributed by atoms with Gasteiger partial charge in [0.15, 0.2) is 6.61 Å². The van der Waals surface area contributed by atoms with Gasteiger partial charge in [-0.05, 0) is 35.9 Å². The number of esters is 1. The summed E-state index contributed by atoms with van der Waals surface area (Å²) >= 11 is 7.15. The van der Waals surface area contributed by atoms with Crippen LogP contribution in [0.4, 0.5) is 0 Å². The highest BCUT2D eigenvalue weighted by atomic mass is 35.5. The van der Waals surface area contributed by atoms with Crippen molar-refractivity contribution < 1.29 is 19.1 Å². The lowest BCUT2D eigenvalue weighted by Gasteiger charge is -2.17. The number of rotatable bonds is 7. The molecule has 0 aliphatic carbocycles. The predicted octanol–water partition coefficient (Wildman–Crippen LogP) is 4.50. The van der Waals surface area contributed by atoms with Crippen molar-refractivity contribution in [2.75, 3.05) is 6.61 Å². The molecule has 0 atom stereocenters. The van der Waals surface area contributed by atoms with E-state index in [1.54, 1.807) is 42.5 Å². The maximum absolute atomic E-state index is 12.2. The third kappa shape index (κ3) is 6.94. The van der Waals surface area contributed by atoms with Crippen LogP contribution in [0, 0.1) is 5.41 Å². The van der Waals surface area contributed by atoms with Crippen LogP contribution in [0.2, 0.25) is 5.02 Å². The van der Waals surface area contributed by atoms with E-state index in [9.17, 15) is 14.4 Å². The van der Waals surface area contributed by atoms with Crippen LogP contribution in [-0.4, -0.2) is 24.3 Å². The van der Waals surface area contributed by atoms with Crippen molar-refractivity contribution in [3.8, 4) is 0 Å². The number of nitrogens with one attached hydrogen (secondary N) is 1. The van der Waals surface area contributed by atoms with E-state index in [4.69, 9.17) is 16.3 Å². The smallest absolute Gasteiger partial charge is 0.331 e. The number of Topliss-reactive ketones (excluding diaryl/α,β-unsaturated/α-hetero) is 1. The summed E-state index contributed by atoms with van der Waals surface area (Å²) in [7, 11) is 0. The molecule has 0 unspecified atom stereocenters. The number of hydrogen-bond donors (Lipinski definition) is 1. The van der Waals surface area contributed by atoms with Gasteiger partial charge in [-0.15, -0.1) is 11.3 Å². The third-order valence-electron chi connectivity index (χ3n) is 3.65. The summed E-state index contributed by atoms with van der Waals surface area (Å²) in [5, 5.41) is 3.40. The Balaban J connectivity index is 1.82. The van der Waals surface area contributed by atoms with Gasteiger partial charge in [0, 0.05) is 21.4 Å². The standard InChI is InChI=1S/C21H22ClNO4S/c1-21(2,3)20(26)23-12-16-8-9-18(28-16)17(24)13-27-19(25)10-7-14-5-4-6-15(22)11-14/h4-11H,12-13H2,1-3H3,(H,23,26)/b10-7+. The fraction of sp³-hybridized carbons (Fsp3) is 0.286. The summed E-state index contributed by atoms with van der Waals surface area (Å²) in [5.74, 6) is -0.959. The fourth-order valence-electron chi connectivity index (χ4n) is 2.09. The van der Waals surface area contributed by atoms with Gasteiger partial charge < -0.3 is 10.1 Å². The molecular formula is C21H22ClNO4S. The first-order valence-corrected chi connectivity index (χ1v) is 9.85. The van der Waals surface area contributed by atoms with E-state index >= 15 is 0 Å². The zero-order valence-electron chi connectivity index (χ0n) is 16.0. The predicted molar refractivity (Wildman–Crippen MR) is 111 cm³/mol. The number of thiophene rings is 1. The molecular weight excluding hydrogens is 398 g/mol. The van der Waals surface area contributed by atoms with Crippen LogP contribution in [0.25, 0.3) is 6.08 Å². The van der Waals surface area contributed by atoms with Crippen LogP contribution in [0.5, 0.6) is 0 Å². The molecule has 0 aliphatic heterocycles. The molecule has 28 heavy (non-hydrogen) atoms. The molecule has 0 spiro atoms. The summed E-state index contributed by atoms with van der Waals surface area (Å²) in [5.41, 5.74) is 0.291. The molecule has 2 aromatic rings. The second-order valence-corrected chi connectivity index (χ2v) is 8.72. The first kappa shape index (κ1) is 21.9. The number of amides is 1. The lowest BCUT2D eigenvalue weighted by Crippen LogP contribution is -2.34. The maximum Gasteiger partial charge on any atom is 0.331 e. The van der Waals surface area contributed by atoms with Crippen molar-refractivity contribution in [3.63, 3.8) is 0 Å². The van der Waals surface area contributed by atoms with Gasteiger partial charge in [0.1, 0.15) is 0 Å². The highest BCUT2D eigenvalue weighted by molar-refractivity contribution is 7.14. The van der Waals surface area contributed by atoms with E-state index in [0.29, 0.717) is 16.4 Å². The zero-order valence-corrected chi connectivity index (χ0v) is 17.5. The molecule has 7 heteroatoms. The molecule has 148 valence electrons. The Labute approximate surface area is 173 Å². The average molecular weight is 420 g/mol. The van der Waals surface area contributed by atoms with E-state index in [2.05, 4.69) is 5.32 Å². The normalized spacial score (nSPS) is 11.4. The molecule has 0 aliphatic rings. The summed E-state index contributed by atoms with van der Waals surface area (Å²) < 4.78 is 4.99. The Morgan fingerprint density at radius 2 is 1.93 bits per heavy atom. The minimum absolute atomic E-state index is 0.0609. The third-order valence-corrected chi connectivity index (χ3v) is 5.01. The second kappa shape index (κ2) is 9.66. The van der Waals surface area contributed by atoms with Gasteiger partial charge in [-0.1, -0.05) is 44.5 Å². The fourth-order valence-corrected chi connectivity index (χ4v) is 3.16. The lowest BCUT2D eigenvalue weighted by atomic mass is 9.96. The average Bonchev–Trinajstić information content (AvgIpc) is 3.10. The van der Waals surface area contributed by atoms with Gasteiger partial charge in [0.2, 0.25) is 11.7 Å². The molecule has 5 nitrogen and oxygen atoms in total. The van der Waals surface area contributed by atoms with Crippen LogP contribution >= 0.6 is 22.9 Å². The van der Waals surface area contributed by atoms with Crippen LogP contribution in [0.3, 0.4) is 0 Å². The summed E-state index contributed by atoms with van der Waals surface area (Å²) in [6.45, 7) is 5.52. The number of ether oxygens (including phenoxy) is 1. The van der Waals surface area contributed by atoms with E-state index in [-0.39, 0.29) is 18.3 Å². The molecule has 2 rings (SSSR count). The minimum atomic E-state index is -0.609. The van der Waals surface area contributed by atoms with E-state index in [1.165, 1.54) is 17.4 Å². The largest absolute Gasteiger partial charge is 0.454 e. The SMILES string of the molecule is CC(C)(C)C(=O)NCc1ccc(C(=O)COC(=O)/C=C/c2cccc(Cl)c2)s1. The van der Waals surface area contributed by atoms with Crippen molar-refractivity contribution in [1.82, 2.24) is 5.32 Å². The molecule has 1 amide bonds. The summed E-state index contributed by atoms with van der Waals surface area (Å²) in [4.78, 5) is 37.2. The van der Waals surface area contributed by atoms with E-state index in [1.807, 2.05) is 20.8 Å². The van der Waals surface area contributed by atoms with Crippen LogP contribution in [0.1, 0.15) is 40.9 Å². The lowest BCUT2D eigenvalue weighted by molar-refractivity contribution is -0.136. The molecule has 0 bridgehead atoms. The van der Waals surface area contributed by atoms with Gasteiger partial charge in [-0.25, -0.2) is 4.79 Å². The molecule has 0 fully saturated rings. The number of carbonyl (C=O) groups excluding carboxylic acids is 3. The second-order valence-electron chi connectivity index (χ2n) is 7.12. The maximum atomic E-state index is 12.2. The molecule has 1 aromatic carbocycles. The Kier molecular flexibility index (Phi) is 7.54. The summed E-state index contributed by atoms with van der Waals surface area (Å²) in [6.07, 6.45) is 2.82. The van der Waals surface area contributed by atoms with Crippen molar-refractivity contribution >= 4 is 46.7 Å². The van der Waals surface area contributed by atoms with Gasteiger partial charge in [-0.2, -0.15) is 0 Å². The van der Waals surface area contributed by atoms with Crippen molar-refractivity contribution in [1.29, 1.82) is 0 Å². The first-order chi connectivity index (χ1) is 13.1. The Morgan fingerprint density at radius 3 is 2.61 bits per heavy atom. The van der Waals surface area contributed by atoms with Gasteiger partial charge in [0.05, 0.1) is 11.4 Å². The Morgan fingerprint density at radius 1 is 1.18 bits per heavy atom. The Bertz CT molecular complexity index is 896. The number of benzene rings is 1. The van der Waals surface area contributed by atoms with Crippen molar-refractivity contribution in [3.05, 3.63) is 62.8 Å².